The van der Waals surface area contributed by atoms with E-state index in [4.69, 9.17) is 0 Å². The number of ketones is 1. The van der Waals surface area contributed by atoms with Gasteiger partial charge in [-0.1, -0.05) is 96.1 Å². The van der Waals surface area contributed by atoms with Gasteiger partial charge < -0.3 is 0 Å². The van der Waals surface area contributed by atoms with Crippen LogP contribution in [0, 0.1) is 16.7 Å². The molecule has 0 saturated heterocycles. The lowest BCUT2D eigenvalue weighted by atomic mass is 9.73. The molecule has 0 radical (unpaired) electrons. The summed E-state index contributed by atoms with van der Waals surface area (Å²) in [6, 6.07) is 19.1. The first-order valence-electron chi connectivity index (χ1n) is 9.25. The van der Waals surface area contributed by atoms with Crippen LogP contribution >= 0.6 is 0 Å². The van der Waals surface area contributed by atoms with Crippen LogP contribution in [0.3, 0.4) is 0 Å². The van der Waals surface area contributed by atoms with E-state index in [9.17, 15) is 4.79 Å². The van der Waals surface area contributed by atoms with Gasteiger partial charge in [0.1, 0.15) is 5.78 Å². The molecule has 0 N–H and O–H groups in total. The van der Waals surface area contributed by atoms with E-state index in [1.54, 1.807) is 0 Å². The van der Waals surface area contributed by atoms with Crippen LogP contribution < -0.4 is 0 Å². The normalized spacial score (nSPS) is 13.5. The molecule has 0 bridgehead atoms. The summed E-state index contributed by atoms with van der Waals surface area (Å²) in [6.07, 6.45) is 1.74. The van der Waals surface area contributed by atoms with Gasteiger partial charge in [0.05, 0.1) is 0 Å². The summed E-state index contributed by atoms with van der Waals surface area (Å²) in [5, 5.41) is 0. The Kier molecular flexibility index (Phi) is 5.87. The molecule has 0 aliphatic carbocycles. The fraction of sp³-hybridized carbons (Fsp3) is 0.458. The second-order valence-electron chi connectivity index (χ2n) is 9.34. The monoisotopic (exact) mass is 336 g/mol. The highest BCUT2D eigenvalue weighted by molar-refractivity contribution is 5.86. The fourth-order valence-corrected chi connectivity index (χ4v) is 3.36. The van der Waals surface area contributed by atoms with E-state index in [0.717, 1.165) is 12.8 Å². The van der Waals surface area contributed by atoms with E-state index in [2.05, 4.69) is 69.3 Å². The number of benzene rings is 2. The zero-order valence-corrected chi connectivity index (χ0v) is 16.6. The van der Waals surface area contributed by atoms with Crippen molar-refractivity contribution in [2.45, 2.75) is 54.4 Å². The van der Waals surface area contributed by atoms with Crippen molar-refractivity contribution in [2.75, 3.05) is 0 Å². The molecule has 2 aromatic carbocycles. The second kappa shape index (κ2) is 7.56. The number of rotatable bonds is 5. The van der Waals surface area contributed by atoms with Crippen LogP contribution in [0.4, 0.5) is 0 Å². The molecule has 1 atom stereocenters. The van der Waals surface area contributed by atoms with Crippen LogP contribution in [0.25, 0.3) is 11.1 Å². The van der Waals surface area contributed by atoms with Crippen LogP contribution in [-0.4, -0.2) is 5.78 Å². The number of hydrogen-bond donors (Lipinski definition) is 0. The lowest BCUT2D eigenvalue weighted by Gasteiger charge is -2.30. The Hall–Kier alpha value is -1.89. The van der Waals surface area contributed by atoms with Crippen molar-refractivity contribution in [1.29, 1.82) is 0 Å². The van der Waals surface area contributed by atoms with Gasteiger partial charge in [0.25, 0.3) is 0 Å². The number of Topliss-reactive ketones (excluding diaryl/α,β-unsaturated/α-hetero) is 1. The largest absolute Gasteiger partial charge is 0.299 e. The van der Waals surface area contributed by atoms with E-state index in [-0.39, 0.29) is 16.7 Å². The summed E-state index contributed by atoms with van der Waals surface area (Å²) in [4.78, 5) is 12.9. The van der Waals surface area contributed by atoms with Crippen molar-refractivity contribution >= 4 is 5.78 Å². The molecule has 2 rings (SSSR count). The molecule has 2 aromatic rings. The molecule has 0 fully saturated rings. The smallest absolute Gasteiger partial charge is 0.141 e. The standard InChI is InChI=1S/C24H32O/c1-23(2,3)17-21(22(25)24(4,5)6)16-18-12-14-20(15-13-18)19-10-8-7-9-11-19/h7-15,21H,16-17H2,1-6H3/t21-/m1/s1. The Labute approximate surface area is 153 Å². The van der Waals surface area contributed by atoms with Crippen molar-refractivity contribution < 1.29 is 4.79 Å². The van der Waals surface area contributed by atoms with Crippen LogP contribution in [-0.2, 0) is 11.2 Å². The van der Waals surface area contributed by atoms with Crippen molar-refractivity contribution in [1.82, 2.24) is 0 Å². The van der Waals surface area contributed by atoms with Gasteiger partial charge in [-0.2, -0.15) is 0 Å². The van der Waals surface area contributed by atoms with Gasteiger partial charge in [-0.05, 0) is 34.9 Å². The Morgan fingerprint density at radius 3 is 1.80 bits per heavy atom. The topological polar surface area (TPSA) is 17.1 Å². The maximum Gasteiger partial charge on any atom is 0.141 e. The molecule has 1 heteroatoms. The highest BCUT2D eigenvalue weighted by atomic mass is 16.1. The highest BCUT2D eigenvalue weighted by Crippen LogP contribution is 2.32. The van der Waals surface area contributed by atoms with Gasteiger partial charge in [-0.25, -0.2) is 0 Å². The molecular weight excluding hydrogens is 304 g/mol. The minimum atomic E-state index is -0.292. The summed E-state index contributed by atoms with van der Waals surface area (Å²) in [5.74, 6) is 0.442. The average molecular weight is 337 g/mol. The molecule has 0 aromatic heterocycles. The Bertz CT molecular complexity index is 682. The van der Waals surface area contributed by atoms with Crippen LogP contribution in [0.15, 0.2) is 54.6 Å². The summed E-state index contributed by atoms with van der Waals surface area (Å²) >= 11 is 0. The first-order chi connectivity index (χ1) is 11.6. The molecular formula is C24H32O. The molecule has 0 saturated carbocycles. The summed E-state index contributed by atoms with van der Waals surface area (Å²) in [5.41, 5.74) is 3.55. The van der Waals surface area contributed by atoms with E-state index in [1.807, 2.05) is 26.8 Å². The van der Waals surface area contributed by atoms with Gasteiger partial charge in [-0.15, -0.1) is 0 Å². The lowest BCUT2D eigenvalue weighted by Crippen LogP contribution is -2.32. The molecule has 0 unspecified atom stereocenters. The SMILES string of the molecule is CC(C)(C)C[C@@H](Cc1ccc(-c2ccccc2)cc1)C(=O)C(C)(C)C. The first-order valence-corrected chi connectivity index (χ1v) is 9.25. The van der Waals surface area contributed by atoms with E-state index < -0.39 is 0 Å². The van der Waals surface area contributed by atoms with Gasteiger partial charge in [0.15, 0.2) is 0 Å². The van der Waals surface area contributed by atoms with Crippen molar-refractivity contribution in [2.24, 2.45) is 16.7 Å². The maximum atomic E-state index is 12.9. The number of hydrogen-bond acceptors (Lipinski definition) is 1. The summed E-state index contributed by atoms with van der Waals surface area (Å²) in [6.45, 7) is 12.7. The molecule has 0 amide bonds. The number of carbonyl (C=O) groups is 1. The second-order valence-corrected chi connectivity index (χ2v) is 9.34. The Balaban J connectivity index is 2.19. The average Bonchev–Trinajstić information content (AvgIpc) is 2.53. The van der Waals surface area contributed by atoms with Gasteiger partial charge in [0, 0.05) is 11.3 Å². The Morgan fingerprint density at radius 1 is 0.800 bits per heavy atom. The van der Waals surface area contributed by atoms with Crippen molar-refractivity contribution in [3.63, 3.8) is 0 Å². The highest BCUT2D eigenvalue weighted by Gasteiger charge is 2.32. The third-order valence-electron chi connectivity index (χ3n) is 4.51. The molecule has 134 valence electrons. The van der Waals surface area contributed by atoms with Gasteiger partial charge in [-0.3, -0.25) is 4.79 Å². The quantitative estimate of drug-likeness (QED) is 0.604. The minimum absolute atomic E-state index is 0.0718. The zero-order chi connectivity index (χ0) is 18.7. The molecule has 1 nitrogen and oxygen atoms in total. The molecule has 0 aliphatic rings. The minimum Gasteiger partial charge on any atom is -0.299 e. The molecule has 0 heterocycles. The van der Waals surface area contributed by atoms with Crippen molar-refractivity contribution in [3.8, 4) is 11.1 Å². The van der Waals surface area contributed by atoms with E-state index in [1.165, 1.54) is 16.7 Å². The van der Waals surface area contributed by atoms with E-state index in [0.29, 0.717) is 5.78 Å². The Morgan fingerprint density at radius 2 is 1.32 bits per heavy atom. The summed E-state index contributed by atoms with van der Waals surface area (Å²) < 4.78 is 0. The molecule has 25 heavy (non-hydrogen) atoms. The van der Waals surface area contributed by atoms with Crippen molar-refractivity contribution in [3.05, 3.63) is 60.2 Å². The maximum absolute atomic E-state index is 12.9. The fourth-order valence-electron chi connectivity index (χ4n) is 3.36. The van der Waals surface area contributed by atoms with Crippen LogP contribution in [0.5, 0.6) is 0 Å². The predicted octanol–water partition coefficient (Wildman–Crippen LogP) is 6.56. The lowest BCUT2D eigenvalue weighted by molar-refractivity contribution is -0.131. The van der Waals surface area contributed by atoms with Crippen LogP contribution in [0.1, 0.15) is 53.5 Å². The molecule has 0 spiro atoms. The predicted molar refractivity (Wildman–Crippen MR) is 108 cm³/mol. The molecule has 0 aliphatic heterocycles. The van der Waals surface area contributed by atoms with Gasteiger partial charge >= 0.3 is 0 Å². The first kappa shape index (κ1) is 19.4. The number of carbonyl (C=O) groups excluding carboxylic acids is 1. The third-order valence-corrected chi connectivity index (χ3v) is 4.51. The van der Waals surface area contributed by atoms with Gasteiger partial charge in [0.2, 0.25) is 0 Å². The third kappa shape index (κ3) is 5.85. The van der Waals surface area contributed by atoms with Crippen LogP contribution in [0.2, 0.25) is 0 Å². The summed E-state index contributed by atoms with van der Waals surface area (Å²) in [7, 11) is 0. The van der Waals surface area contributed by atoms with E-state index >= 15 is 0 Å². The zero-order valence-electron chi connectivity index (χ0n) is 16.6.